The second-order valence-electron chi connectivity index (χ2n) is 9.36. The van der Waals surface area contributed by atoms with Gasteiger partial charge in [-0.3, -0.25) is 9.97 Å². The first kappa shape index (κ1) is 46.3. The van der Waals surface area contributed by atoms with E-state index in [1.165, 1.54) is 73.1 Å². The fourth-order valence-electron chi connectivity index (χ4n) is 4.06. The zero-order valence-electron chi connectivity index (χ0n) is 27.0. The van der Waals surface area contributed by atoms with Crippen LogP contribution in [0, 0.1) is 0 Å². The van der Waals surface area contributed by atoms with Gasteiger partial charge in [0, 0.05) is 29.6 Å². The van der Waals surface area contributed by atoms with Gasteiger partial charge in [-0.15, -0.1) is 10.2 Å². The Morgan fingerprint density at radius 2 is 0.923 bits per heavy atom. The summed E-state index contributed by atoms with van der Waals surface area (Å²) in [6.07, 6.45) is 3.01. The van der Waals surface area contributed by atoms with Gasteiger partial charge in [0.2, 0.25) is 0 Å². The van der Waals surface area contributed by atoms with Gasteiger partial charge in [-0.1, -0.05) is 35.8 Å². The van der Waals surface area contributed by atoms with E-state index in [-0.39, 0.29) is 120 Å². The molecule has 16 nitrogen and oxygen atoms in total. The maximum Gasteiger partial charge on any atom is 3.00 e. The van der Waals surface area contributed by atoms with Gasteiger partial charge in [-0.2, -0.15) is 10.2 Å². The molecule has 0 aliphatic carbocycles. The van der Waals surface area contributed by atoms with Gasteiger partial charge in [0.15, 0.2) is 0 Å². The van der Waals surface area contributed by atoms with E-state index >= 15 is 0 Å². The first-order chi connectivity index (χ1) is 23.3. The predicted octanol–water partition coefficient (Wildman–Crippen LogP) is -2.37. The molecule has 0 aliphatic rings. The summed E-state index contributed by atoms with van der Waals surface area (Å²) in [7, 11) is -9.10. The van der Waals surface area contributed by atoms with Crippen LogP contribution in [0.3, 0.4) is 0 Å². The molecule has 0 N–H and O–H groups in total. The van der Waals surface area contributed by atoms with Gasteiger partial charge in [-0.25, -0.2) is 16.8 Å². The number of carbonyl (C=O) groups excluding carboxylic acids is 1. The van der Waals surface area contributed by atoms with Gasteiger partial charge in [0.05, 0.1) is 43.6 Å². The van der Waals surface area contributed by atoms with Crippen LogP contribution in [-0.2, 0) is 42.4 Å². The Bertz CT molecular complexity index is 2270. The van der Waals surface area contributed by atoms with Crippen LogP contribution in [0.4, 0.5) is 22.7 Å². The van der Waals surface area contributed by atoms with E-state index in [2.05, 4.69) is 30.4 Å². The van der Waals surface area contributed by atoms with Crippen molar-refractivity contribution in [3.8, 4) is 11.5 Å². The van der Waals surface area contributed by atoms with Crippen LogP contribution in [0.25, 0.3) is 21.8 Å². The van der Waals surface area contributed by atoms with Crippen LogP contribution >= 0.6 is 0 Å². The van der Waals surface area contributed by atoms with Crippen LogP contribution in [0.15, 0.2) is 140 Å². The number of nitrogens with zero attached hydrogens (tertiary/aromatic N) is 6. The minimum absolute atomic E-state index is 0. The number of rotatable bonds is 6. The van der Waals surface area contributed by atoms with Gasteiger partial charge < -0.3 is 29.2 Å². The maximum atomic E-state index is 11.7. The van der Waals surface area contributed by atoms with Crippen molar-refractivity contribution in [2.24, 2.45) is 20.5 Å². The van der Waals surface area contributed by atoms with E-state index in [9.17, 15) is 36.2 Å². The summed E-state index contributed by atoms with van der Waals surface area (Å²) in [5.74, 6) is -0.446. The van der Waals surface area contributed by atoms with Gasteiger partial charge >= 0.3 is 76.5 Å². The molecule has 0 fully saturated rings. The van der Waals surface area contributed by atoms with Crippen LogP contribution in [0.5, 0.6) is 11.5 Å². The van der Waals surface area contributed by atoms with Crippen LogP contribution in [-0.4, -0.2) is 42.4 Å². The Hall–Kier alpha value is -3.68. The molecule has 21 heteroatoms. The van der Waals surface area contributed by atoms with Gasteiger partial charge in [0.25, 0.3) is 0 Å². The Labute approximate surface area is 351 Å². The van der Waals surface area contributed by atoms with E-state index in [4.69, 9.17) is 9.90 Å². The molecule has 1 radical (unpaired) electrons. The number of carboxylic acid groups (broad SMARTS) is 1. The standard InChI is InChI=1S/2C15H11N3O4S.CH2O2.Cr.2Na/c2*19-14-7-6-13(12-5-2-8-16-15(12)14)18-17-10-3-1-4-11(9-10)23(20,21)22;2-1-3;;;/h2*1-9,19H,(H,20,21,22);1H,(H,2,3);;;/q;;;+3;2*+1/p-5. The average Bonchev–Trinajstić information content (AvgIpc) is 3.08. The Balaban J connectivity index is 0.000000459. The first-order valence-electron chi connectivity index (χ1n) is 13.4. The van der Waals surface area contributed by atoms with Crippen molar-refractivity contribution in [2.45, 2.75) is 9.79 Å². The van der Waals surface area contributed by atoms with Crippen molar-refractivity contribution >= 4 is 71.3 Å². The molecule has 0 spiro atoms. The Morgan fingerprint density at radius 1 is 0.558 bits per heavy atom. The zero-order valence-corrected chi connectivity index (χ0v) is 33.9. The summed E-state index contributed by atoms with van der Waals surface area (Å²) >= 11 is 0. The quantitative estimate of drug-likeness (QED) is 0.0740. The fraction of sp³-hybridized carbons (Fsp3) is 0. The molecule has 253 valence electrons. The monoisotopic (exact) mass is 797 g/mol. The Morgan fingerprint density at radius 3 is 1.27 bits per heavy atom. The zero-order chi connectivity index (χ0) is 35.6. The number of pyridine rings is 2. The molecule has 0 saturated heterocycles. The largest absolute Gasteiger partial charge is 3.00 e. The molecule has 0 atom stereocenters. The van der Waals surface area contributed by atoms with E-state index in [0.717, 1.165) is 12.1 Å². The number of hydrogen-bond acceptors (Lipinski definition) is 16. The number of hydrogen-bond donors (Lipinski definition) is 0. The van der Waals surface area contributed by atoms with Crippen molar-refractivity contribution in [1.29, 1.82) is 0 Å². The average molecular weight is 798 g/mol. The van der Waals surface area contributed by atoms with Crippen LogP contribution in [0.1, 0.15) is 0 Å². The first-order valence-corrected chi connectivity index (χ1v) is 16.2. The Kier molecular flexibility index (Phi) is 18.8. The third-order valence-electron chi connectivity index (χ3n) is 6.18. The van der Waals surface area contributed by atoms with Crippen LogP contribution in [0.2, 0.25) is 0 Å². The molecule has 0 bridgehead atoms. The van der Waals surface area contributed by atoms with Gasteiger partial charge in [-0.05, 0) is 72.8 Å². The maximum absolute atomic E-state index is 11.7. The molecule has 6 aromatic rings. The normalized spacial score (nSPS) is 10.9. The summed E-state index contributed by atoms with van der Waals surface area (Å²) in [6.45, 7) is -0.500. The van der Waals surface area contributed by atoms with Crippen LogP contribution < -0.4 is 74.4 Å². The summed E-state index contributed by atoms with van der Waals surface area (Å²) in [6, 6.07) is 22.9. The molecule has 4 aromatic carbocycles. The van der Waals surface area contributed by atoms with Crippen molar-refractivity contribution in [3.05, 3.63) is 109 Å². The number of benzene rings is 4. The fourth-order valence-corrected chi connectivity index (χ4v) is 5.08. The third-order valence-corrected chi connectivity index (χ3v) is 7.84. The molecule has 2 heterocycles. The van der Waals surface area contributed by atoms with Crippen molar-refractivity contribution in [3.63, 3.8) is 0 Å². The van der Waals surface area contributed by atoms with E-state index in [1.807, 2.05) is 0 Å². The molecule has 0 unspecified atom stereocenters. The molecule has 0 aliphatic heterocycles. The van der Waals surface area contributed by atoms with Crippen molar-refractivity contribution in [2.75, 3.05) is 0 Å². The summed E-state index contributed by atoms with van der Waals surface area (Å²) < 4.78 is 66.0. The predicted molar refractivity (Wildman–Crippen MR) is 166 cm³/mol. The van der Waals surface area contributed by atoms with E-state index in [0.29, 0.717) is 22.1 Å². The molecular formula is C31H19CrN6Na2O10S2. The summed E-state index contributed by atoms with van der Waals surface area (Å²) in [5.41, 5.74) is 1.82. The van der Waals surface area contributed by atoms with E-state index < -0.39 is 26.7 Å². The number of azo groups is 2. The minimum Gasteiger partial charge on any atom is -0.871 e. The van der Waals surface area contributed by atoms with Crippen molar-refractivity contribution in [1.82, 2.24) is 9.97 Å². The molecule has 6 rings (SSSR count). The number of carbonyl (C=O) groups is 1. The smallest absolute Gasteiger partial charge is 0.871 e. The topological polar surface area (TPSA) is 276 Å². The minimum atomic E-state index is -4.55. The van der Waals surface area contributed by atoms with E-state index in [1.54, 1.807) is 24.3 Å². The third kappa shape index (κ3) is 12.8. The second kappa shape index (κ2) is 21.1. The molecule has 2 aromatic heterocycles. The van der Waals surface area contributed by atoms with Gasteiger partial charge in [0.1, 0.15) is 20.2 Å². The summed E-state index contributed by atoms with van der Waals surface area (Å²) in [4.78, 5) is 15.5. The number of aromatic nitrogens is 2. The molecule has 0 amide bonds. The second-order valence-corrected chi connectivity index (χ2v) is 12.1. The summed E-state index contributed by atoms with van der Waals surface area (Å²) in [5, 5.41) is 48.7. The SMILES string of the molecule is O=C[O-].O=S(=O)([O-])c1cccc(N=Nc2ccc([O-])c3ncccc23)c1.O=S(=O)([O-])c1cccc(N=Nc2ccc([O-])c3ncccc23)c1.[Cr+3].[Na+].[Na+]. The molecular weight excluding hydrogens is 778 g/mol. The number of fused-ring (bicyclic) bond motifs is 2. The molecule has 0 saturated carbocycles. The van der Waals surface area contributed by atoms with Crippen molar-refractivity contribution < 1.29 is 123 Å². The molecule has 52 heavy (non-hydrogen) atoms.